The van der Waals surface area contributed by atoms with Gasteiger partial charge in [0, 0.05) is 30.9 Å². The summed E-state index contributed by atoms with van der Waals surface area (Å²) >= 11 is 0. The van der Waals surface area contributed by atoms with E-state index in [4.69, 9.17) is 5.26 Å². The van der Waals surface area contributed by atoms with Crippen LogP contribution in [0.25, 0.3) is 0 Å². The average Bonchev–Trinajstić information content (AvgIpc) is 2.68. The molecule has 2 fully saturated rings. The average molecular weight is 213 g/mol. The topological polar surface area (TPSA) is 39.1 Å². The minimum Gasteiger partial charge on any atom is -0.368 e. The summed E-state index contributed by atoms with van der Waals surface area (Å²) in [4.78, 5) is 2.43. The van der Waals surface area contributed by atoms with Crippen molar-refractivity contribution in [2.45, 2.75) is 24.9 Å². The van der Waals surface area contributed by atoms with Gasteiger partial charge in [0.25, 0.3) is 0 Å². The standard InChI is InChI=1S/C13H15N3/c14-7-10-1-5-13(6-2-10)16-8-11-3-4-12(9-16)15-11/h1-2,5-6,11-12,15H,3-4,8-9H2. The van der Waals surface area contributed by atoms with Gasteiger partial charge in [0.15, 0.2) is 0 Å². The summed E-state index contributed by atoms with van der Waals surface area (Å²) in [6, 6.07) is 11.4. The smallest absolute Gasteiger partial charge is 0.0991 e. The molecule has 1 N–H and O–H groups in total. The molecule has 2 aliphatic heterocycles. The zero-order valence-electron chi connectivity index (χ0n) is 9.19. The molecule has 2 saturated heterocycles. The molecule has 0 aliphatic carbocycles. The fraction of sp³-hybridized carbons (Fsp3) is 0.462. The van der Waals surface area contributed by atoms with Crippen molar-refractivity contribution in [1.29, 1.82) is 5.26 Å². The Morgan fingerprint density at radius 2 is 1.75 bits per heavy atom. The highest BCUT2D eigenvalue weighted by molar-refractivity contribution is 5.50. The molecule has 82 valence electrons. The molecule has 0 saturated carbocycles. The van der Waals surface area contributed by atoms with Crippen molar-refractivity contribution in [1.82, 2.24) is 5.32 Å². The van der Waals surface area contributed by atoms with Crippen molar-refractivity contribution in [3.8, 4) is 6.07 Å². The molecular formula is C13H15N3. The number of hydrogen-bond donors (Lipinski definition) is 1. The van der Waals surface area contributed by atoms with E-state index in [2.05, 4.69) is 28.4 Å². The van der Waals surface area contributed by atoms with Gasteiger partial charge in [-0.2, -0.15) is 5.26 Å². The molecule has 2 aliphatic rings. The van der Waals surface area contributed by atoms with E-state index in [0.717, 1.165) is 18.7 Å². The molecule has 0 aromatic heterocycles. The number of benzene rings is 1. The van der Waals surface area contributed by atoms with Crippen LogP contribution in [0, 0.1) is 11.3 Å². The maximum atomic E-state index is 8.76. The van der Waals surface area contributed by atoms with Gasteiger partial charge in [-0.15, -0.1) is 0 Å². The van der Waals surface area contributed by atoms with E-state index in [0.29, 0.717) is 12.1 Å². The minimum atomic E-state index is 0.661. The third kappa shape index (κ3) is 1.66. The fourth-order valence-corrected chi connectivity index (χ4v) is 2.75. The Balaban J connectivity index is 1.79. The number of anilines is 1. The van der Waals surface area contributed by atoms with Crippen LogP contribution >= 0.6 is 0 Å². The van der Waals surface area contributed by atoms with Crippen molar-refractivity contribution in [3.05, 3.63) is 29.8 Å². The second-order valence-corrected chi connectivity index (χ2v) is 4.70. The van der Waals surface area contributed by atoms with Crippen LogP contribution in [0.1, 0.15) is 18.4 Å². The number of nitriles is 1. The molecule has 0 amide bonds. The van der Waals surface area contributed by atoms with Crippen LogP contribution in [0.3, 0.4) is 0 Å². The summed E-state index contributed by atoms with van der Waals surface area (Å²) < 4.78 is 0. The number of rotatable bonds is 1. The first-order valence-electron chi connectivity index (χ1n) is 5.86. The second kappa shape index (κ2) is 3.80. The third-order valence-electron chi connectivity index (χ3n) is 3.58. The highest BCUT2D eigenvalue weighted by Gasteiger charge is 2.31. The Kier molecular flexibility index (Phi) is 2.30. The van der Waals surface area contributed by atoms with Crippen LogP contribution in [-0.2, 0) is 0 Å². The first-order chi connectivity index (χ1) is 7.85. The summed E-state index contributed by atoms with van der Waals surface area (Å²) in [5.41, 5.74) is 1.99. The molecule has 3 nitrogen and oxygen atoms in total. The lowest BCUT2D eigenvalue weighted by molar-refractivity contribution is 0.466. The number of hydrogen-bond acceptors (Lipinski definition) is 3. The van der Waals surface area contributed by atoms with Crippen molar-refractivity contribution >= 4 is 5.69 Å². The van der Waals surface area contributed by atoms with Gasteiger partial charge in [-0.1, -0.05) is 0 Å². The van der Waals surface area contributed by atoms with Crippen LogP contribution in [-0.4, -0.2) is 25.2 Å². The molecule has 1 aromatic carbocycles. The summed E-state index contributed by atoms with van der Waals surface area (Å²) in [7, 11) is 0. The molecule has 1 aromatic rings. The monoisotopic (exact) mass is 213 g/mol. The first-order valence-corrected chi connectivity index (χ1v) is 5.86. The SMILES string of the molecule is N#Cc1ccc(N2CC3CCC(C2)N3)cc1. The van der Waals surface area contributed by atoms with E-state index >= 15 is 0 Å². The number of nitrogens with zero attached hydrogens (tertiary/aromatic N) is 2. The molecular weight excluding hydrogens is 198 g/mol. The zero-order chi connectivity index (χ0) is 11.0. The van der Waals surface area contributed by atoms with Crippen LogP contribution in [0.5, 0.6) is 0 Å². The van der Waals surface area contributed by atoms with Gasteiger partial charge in [-0.3, -0.25) is 0 Å². The highest BCUT2D eigenvalue weighted by Crippen LogP contribution is 2.25. The van der Waals surface area contributed by atoms with Gasteiger partial charge in [0.05, 0.1) is 11.6 Å². The Morgan fingerprint density at radius 3 is 2.31 bits per heavy atom. The molecule has 2 atom stereocenters. The molecule has 2 heterocycles. The number of nitrogens with one attached hydrogen (secondary N) is 1. The van der Waals surface area contributed by atoms with Crippen LogP contribution in [0.15, 0.2) is 24.3 Å². The molecule has 3 heteroatoms. The maximum Gasteiger partial charge on any atom is 0.0991 e. The van der Waals surface area contributed by atoms with Crippen molar-refractivity contribution in [3.63, 3.8) is 0 Å². The summed E-state index contributed by atoms with van der Waals surface area (Å²) in [6.45, 7) is 2.20. The predicted octanol–water partition coefficient (Wildman–Crippen LogP) is 1.50. The van der Waals surface area contributed by atoms with E-state index < -0.39 is 0 Å². The van der Waals surface area contributed by atoms with Crippen LogP contribution < -0.4 is 10.2 Å². The van der Waals surface area contributed by atoms with Gasteiger partial charge < -0.3 is 10.2 Å². The van der Waals surface area contributed by atoms with E-state index in [-0.39, 0.29) is 0 Å². The number of fused-ring (bicyclic) bond motifs is 2. The lowest BCUT2D eigenvalue weighted by Crippen LogP contribution is -2.51. The van der Waals surface area contributed by atoms with Gasteiger partial charge in [-0.05, 0) is 37.1 Å². The number of piperazine rings is 1. The predicted molar refractivity (Wildman–Crippen MR) is 63.3 cm³/mol. The zero-order valence-corrected chi connectivity index (χ0v) is 9.19. The molecule has 16 heavy (non-hydrogen) atoms. The van der Waals surface area contributed by atoms with E-state index in [1.165, 1.54) is 18.5 Å². The molecule has 2 bridgehead atoms. The summed E-state index contributed by atoms with van der Waals surface area (Å²) in [5, 5.41) is 12.4. The summed E-state index contributed by atoms with van der Waals surface area (Å²) in [5.74, 6) is 0. The quantitative estimate of drug-likeness (QED) is 0.768. The second-order valence-electron chi connectivity index (χ2n) is 4.70. The fourth-order valence-electron chi connectivity index (χ4n) is 2.75. The van der Waals surface area contributed by atoms with E-state index in [1.54, 1.807) is 0 Å². The Labute approximate surface area is 95.7 Å². The normalized spacial score (nSPS) is 27.8. The maximum absolute atomic E-state index is 8.76. The van der Waals surface area contributed by atoms with Crippen LogP contribution in [0.4, 0.5) is 5.69 Å². The highest BCUT2D eigenvalue weighted by atomic mass is 15.2. The van der Waals surface area contributed by atoms with Crippen molar-refractivity contribution in [2.24, 2.45) is 0 Å². The first kappa shape index (κ1) is 9.68. The lowest BCUT2D eigenvalue weighted by Gasteiger charge is -2.34. The largest absolute Gasteiger partial charge is 0.368 e. The Bertz CT molecular complexity index is 406. The summed E-state index contributed by atoms with van der Waals surface area (Å²) in [6.07, 6.45) is 2.61. The molecule has 2 unspecified atom stereocenters. The van der Waals surface area contributed by atoms with E-state index in [1.807, 2.05) is 12.1 Å². The van der Waals surface area contributed by atoms with Gasteiger partial charge in [-0.25, -0.2) is 0 Å². The Hall–Kier alpha value is -1.53. The van der Waals surface area contributed by atoms with E-state index in [9.17, 15) is 0 Å². The van der Waals surface area contributed by atoms with Gasteiger partial charge in [0.1, 0.15) is 0 Å². The van der Waals surface area contributed by atoms with Crippen LogP contribution in [0.2, 0.25) is 0 Å². The van der Waals surface area contributed by atoms with Gasteiger partial charge >= 0.3 is 0 Å². The Morgan fingerprint density at radius 1 is 1.12 bits per heavy atom. The minimum absolute atomic E-state index is 0.661. The lowest BCUT2D eigenvalue weighted by atomic mass is 10.1. The van der Waals surface area contributed by atoms with Crippen molar-refractivity contribution in [2.75, 3.05) is 18.0 Å². The van der Waals surface area contributed by atoms with Crippen molar-refractivity contribution < 1.29 is 0 Å². The molecule has 3 rings (SSSR count). The molecule has 0 spiro atoms. The molecule has 0 radical (unpaired) electrons. The van der Waals surface area contributed by atoms with Gasteiger partial charge in [0.2, 0.25) is 0 Å². The third-order valence-corrected chi connectivity index (χ3v) is 3.58.